The Morgan fingerprint density at radius 2 is 1.95 bits per heavy atom. The molecule has 41 heavy (non-hydrogen) atoms. The number of halogens is 1. The topological polar surface area (TPSA) is 146 Å². The zero-order valence-corrected chi connectivity index (χ0v) is 22.7. The summed E-state index contributed by atoms with van der Waals surface area (Å²) < 4.78 is 14.6. The lowest BCUT2D eigenvalue weighted by Crippen LogP contribution is -2.34. The van der Waals surface area contributed by atoms with Crippen LogP contribution in [0.1, 0.15) is 61.5 Å². The summed E-state index contributed by atoms with van der Waals surface area (Å²) >= 11 is 0. The first kappa shape index (κ1) is 26.4. The van der Waals surface area contributed by atoms with Gasteiger partial charge >= 0.3 is 0 Å². The van der Waals surface area contributed by atoms with Crippen molar-refractivity contribution in [2.24, 2.45) is 5.92 Å². The van der Waals surface area contributed by atoms with Crippen LogP contribution in [-0.2, 0) is 4.79 Å². The van der Waals surface area contributed by atoms with E-state index < -0.39 is 5.82 Å². The standard InChI is InChI=1S/C29H30FN9O2/c1-16-11-24(38-37-16)35-23-12-20-9-10-31-29(41)26(20)27(36-23)18-3-5-19(6-4-18)28(40)34-17(2)21-7-8-25(32-13-21)39-15-22(30)14-33-39/h7-15,17-19H,3-6H2,1-2H3,(H,31,41)(H,34,40)(H2,35,36,37,38)/t17-,18-,19+/m0/s1. The van der Waals surface area contributed by atoms with Crippen LogP contribution in [0.2, 0.25) is 0 Å². The highest BCUT2D eigenvalue weighted by Crippen LogP contribution is 2.38. The van der Waals surface area contributed by atoms with E-state index in [2.05, 4.69) is 35.9 Å². The number of aromatic amines is 2. The van der Waals surface area contributed by atoms with Crippen molar-refractivity contribution in [2.45, 2.75) is 51.5 Å². The molecule has 11 nitrogen and oxygen atoms in total. The van der Waals surface area contributed by atoms with E-state index in [1.807, 2.05) is 38.1 Å². The van der Waals surface area contributed by atoms with Crippen molar-refractivity contribution in [3.63, 3.8) is 0 Å². The summed E-state index contributed by atoms with van der Waals surface area (Å²) in [5.74, 6) is 1.24. The fraction of sp³-hybridized carbons (Fsp3) is 0.310. The SMILES string of the molecule is Cc1cc(Nc2cc3cc[nH]c(=O)c3c([C@H]3CC[C@@H](C(=O)N[C@@H](C)c4ccc(-n5cc(F)cn5)nc4)CC3)n2)n[nH]1. The Morgan fingerprint density at radius 3 is 2.63 bits per heavy atom. The quantitative estimate of drug-likeness (QED) is 0.230. The number of hydrogen-bond donors (Lipinski definition) is 4. The molecule has 1 aliphatic rings. The second kappa shape index (κ2) is 11.0. The number of nitrogens with one attached hydrogen (secondary N) is 4. The largest absolute Gasteiger partial charge is 0.349 e. The van der Waals surface area contributed by atoms with Crippen LogP contribution in [-0.4, -0.2) is 40.8 Å². The Labute approximate surface area is 234 Å². The molecular weight excluding hydrogens is 525 g/mol. The summed E-state index contributed by atoms with van der Waals surface area (Å²) in [7, 11) is 0. The molecule has 1 amide bonds. The van der Waals surface area contributed by atoms with Crippen LogP contribution in [0.4, 0.5) is 16.0 Å². The number of rotatable bonds is 7. The maximum atomic E-state index is 13.3. The average molecular weight is 556 g/mol. The van der Waals surface area contributed by atoms with E-state index >= 15 is 0 Å². The van der Waals surface area contributed by atoms with E-state index in [1.54, 1.807) is 18.5 Å². The minimum Gasteiger partial charge on any atom is -0.349 e. The minimum atomic E-state index is -0.435. The molecule has 0 unspecified atom stereocenters. The number of carbonyl (C=O) groups excluding carboxylic acids is 1. The maximum absolute atomic E-state index is 13.3. The number of fused-ring (bicyclic) bond motifs is 1. The Hall–Kier alpha value is -4.87. The molecular formula is C29H30FN9O2. The molecule has 0 bridgehead atoms. The highest BCUT2D eigenvalue weighted by molar-refractivity contribution is 5.87. The first-order chi connectivity index (χ1) is 19.8. The first-order valence-corrected chi connectivity index (χ1v) is 13.6. The average Bonchev–Trinajstić information content (AvgIpc) is 3.60. The van der Waals surface area contributed by atoms with E-state index in [0.29, 0.717) is 35.7 Å². The fourth-order valence-corrected chi connectivity index (χ4v) is 5.48. The van der Waals surface area contributed by atoms with Gasteiger partial charge in [0.1, 0.15) is 5.82 Å². The van der Waals surface area contributed by atoms with Gasteiger partial charge in [0.05, 0.1) is 29.5 Å². The molecule has 0 saturated heterocycles. The number of pyridine rings is 3. The number of amides is 1. The van der Waals surface area contributed by atoms with E-state index in [-0.39, 0.29) is 29.3 Å². The van der Waals surface area contributed by atoms with E-state index in [1.165, 1.54) is 10.9 Å². The van der Waals surface area contributed by atoms with E-state index in [0.717, 1.165) is 41.4 Å². The summed E-state index contributed by atoms with van der Waals surface area (Å²) in [4.78, 5) is 38.0. The van der Waals surface area contributed by atoms with Gasteiger partial charge in [-0.3, -0.25) is 14.7 Å². The van der Waals surface area contributed by atoms with E-state index in [9.17, 15) is 14.0 Å². The predicted molar refractivity (Wildman–Crippen MR) is 152 cm³/mol. The third-order valence-electron chi connectivity index (χ3n) is 7.64. The van der Waals surface area contributed by atoms with Gasteiger partial charge in [-0.2, -0.15) is 10.2 Å². The van der Waals surface area contributed by atoms with Crippen molar-refractivity contribution in [2.75, 3.05) is 5.32 Å². The van der Waals surface area contributed by atoms with Crippen LogP contribution in [0, 0.1) is 18.7 Å². The number of aromatic nitrogens is 7. The number of H-pyrrole nitrogens is 2. The Kier molecular flexibility index (Phi) is 7.04. The smallest absolute Gasteiger partial charge is 0.257 e. The van der Waals surface area contributed by atoms with Gasteiger partial charge in [-0.25, -0.2) is 19.0 Å². The van der Waals surface area contributed by atoms with Gasteiger partial charge in [0.25, 0.3) is 5.56 Å². The lowest BCUT2D eigenvalue weighted by molar-refractivity contribution is -0.126. The molecule has 1 fully saturated rings. The van der Waals surface area contributed by atoms with Crippen molar-refractivity contribution in [1.82, 2.24) is 40.2 Å². The van der Waals surface area contributed by atoms with Crippen LogP contribution < -0.4 is 16.2 Å². The Bertz CT molecular complexity index is 1750. The Balaban J connectivity index is 1.13. The molecule has 5 heterocycles. The second-order valence-corrected chi connectivity index (χ2v) is 10.6. The third-order valence-corrected chi connectivity index (χ3v) is 7.64. The van der Waals surface area contributed by atoms with Crippen LogP contribution in [0.3, 0.4) is 0 Å². The summed E-state index contributed by atoms with van der Waals surface area (Å²) in [6, 6.07) is 8.97. The molecule has 5 aromatic rings. The van der Waals surface area contributed by atoms with Gasteiger partial charge in [-0.15, -0.1) is 0 Å². The minimum absolute atomic E-state index is 0.00541. The van der Waals surface area contributed by atoms with Gasteiger partial charge in [0.15, 0.2) is 17.5 Å². The molecule has 0 radical (unpaired) electrons. The predicted octanol–water partition coefficient (Wildman–Crippen LogP) is 4.57. The number of anilines is 2. The molecule has 0 aliphatic heterocycles. The van der Waals surface area contributed by atoms with Crippen LogP contribution in [0.5, 0.6) is 0 Å². The van der Waals surface area contributed by atoms with Gasteiger partial charge in [0.2, 0.25) is 5.91 Å². The molecule has 12 heteroatoms. The molecule has 6 rings (SSSR count). The van der Waals surface area contributed by atoms with Gasteiger partial charge in [-0.05, 0) is 68.7 Å². The summed E-state index contributed by atoms with van der Waals surface area (Å²) in [6.45, 7) is 3.83. The van der Waals surface area contributed by atoms with Crippen molar-refractivity contribution in [3.8, 4) is 5.82 Å². The molecule has 4 N–H and O–H groups in total. The number of nitrogens with zero attached hydrogens (tertiary/aromatic N) is 5. The third kappa shape index (κ3) is 5.58. The van der Waals surface area contributed by atoms with Crippen molar-refractivity contribution in [1.29, 1.82) is 0 Å². The zero-order chi connectivity index (χ0) is 28.5. The van der Waals surface area contributed by atoms with Gasteiger partial charge < -0.3 is 15.6 Å². The van der Waals surface area contributed by atoms with Gasteiger partial charge in [-0.1, -0.05) is 6.07 Å². The van der Waals surface area contributed by atoms with Crippen molar-refractivity contribution >= 4 is 28.3 Å². The molecule has 0 spiro atoms. The maximum Gasteiger partial charge on any atom is 0.257 e. The number of hydrogen-bond acceptors (Lipinski definition) is 7. The van der Waals surface area contributed by atoms with Crippen LogP contribution >= 0.6 is 0 Å². The van der Waals surface area contributed by atoms with Crippen LogP contribution in [0.25, 0.3) is 16.6 Å². The number of aryl methyl sites for hydroxylation is 1. The second-order valence-electron chi connectivity index (χ2n) is 10.6. The molecule has 0 aromatic carbocycles. The molecule has 1 saturated carbocycles. The molecule has 1 atom stereocenters. The lowest BCUT2D eigenvalue weighted by atomic mass is 9.79. The van der Waals surface area contributed by atoms with Crippen molar-refractivity contribution in [3.05, 3.63) is 88.2 Å². The highest BCUT2D eigenvalue weighted by Gasteiger charge is 2.30. The van der Waals surface area contributed by atoms with Crippen molar-refractivity contribution < 1.29 is 9.18 Å². The zero-order valence-electron chi connectivity index (χ0n) is 22.7. The normalized spacial score (nSPS) is 17.8. The monoisotopic (exact) mass is 555 g/mol. The highest BCUT2D eigenvalue weighted by atomic mass is 19.1. The summed E-state index contributed by atoms with van der Waals surface area (Å²) in [6.07, 6.45) is 8.54. The Morgan fingerprint density at radius 1 is 1.12 bits per heavy atom. The fourth-order valence-electron chi connectivity index (χ4n) is 5.48. The molecule has 210 valence electrons. The van der Waals surface area contributed by atoms with Crippen LogP contribution in [0.15, 0.2) is 59.9 Å². The summed E-state index contributed by atoms with van der Waals surface area (Å²) in [5, 5.41) is 18.8. The number of carbonyl (C=O) groups is 1. The molecule has 5 aromatic heterocycles. The van der Waals surface area contributed by atoms with Gasteiger partial charge in [0, 0.05) is 36.0 Å². The summed E-state index contributed by atoms with van der Waals surface area (Å²) in [5.41, 5.74) is 2.34. The first-order valence-electron chi connectivity index (χ1n) is 13.6. The lowest BCUT2D eigenvalue weighted by Gasteiger charge is -2.29. The van der Waals surface area contributed by atoms with E-state index in [4.69, 9.17) is 4.98 Å². The molecule has 1 aliphatic carbocycles.